The molecular formula is C14H21HfSi. The minimum absolute atomic E-state index is 0.452. The van der Waals surface area contributed by atoms with Gasteiger partial charge < -0.3 is 0 Å². The second-order valence-electron chi connectivity index (χ2n) is 5.10. The Kier molecular flexibility index (Phi) is 4.01. The van der Waals surface area contributed by atoms with Gasteiger partial charge >= 0.3 is 108 Å². The van der Waals surface area contributed by atoms with E-state index in [2.05, 4.69) is 51.2 Å². The van der Waals surface area contributed by atoms with Crippen molar-refractivity contribution in [3.63, 3.8) is 0 Å². The Morgan fingerprint density at radius 3 is 1.62 bits per heavy atom. The molecule has 0 saturated carbocycles. The summed E-state index contributed by atoms with van der Waals surface area (Å²) in [5.74, 6) is -0.452. The zero-order chi connectivity index (χ0) is 11.7. The van der Waals surface area contributed by atoms with Gasteiger partial charge in [-0.25, -0.2) is 0 Å². The molecule has 0 amide bonds. The zero-order valence-corrected chi connectivity index (χ0v) is 15.5. The molecule has 2 heteroatoms. The van der Waals surface area contributed by atoms with E-state index in [0.717, 1.165) is 0 Å². The van der Waals surface area contributed by atoms with Gasteiger partial charge in [-0.15, -0.1) is 0 Å². The SMILES string of the molecule is CC1=[C]([Hf]([C]2=C(C)C=CC2)[SiH](C)C)CC=C1. The van der Waals surface area contributed by atoms with Crippen LogP contribution in [0.4, 0.5) is 0 Å². The van der Waals surface area contributed by atoms with E-state index in [1.54, 1.807) is 11.1 Å². The van der Waals surface area contributed by atoms with Crippen LogP contribution in [0.15, 0.2) is 42.1 Å². The number of rotatable bonds is 3. The Balaban J connectivity index is 2.33. The summed E-state index contributed by atoms with van der Waals surface area (Å²) >= 11 is -1.58. The summed E-state index contributed by atoms with van der Waals surface area (Å²) in [6.07, 6.45) is 12.0. The summed E-state index contributed by atoms with van der Waals surface area (Å²) in [4.78, 5) is 0. The van der Waals surface area contributed by atoms with Crippen molar-refractivity contribution in [2.45, 2.75) is 39.8 Å². The topological polar surface area (TPSA) is 0 Å². The van der Waals surface area contributed by atoms with Crippen LogP contribution in [0.25, 0.3) is 0 Å². The summed E-state index contributed by atoms with van der Waals surface area (Å²) in [5, 5.41) is 0. The molecule has 0 bridgehead atoms. The van der Waals surface area contributed by atoms with E-state index in [1.165, 1.54) is 12.8 Å². The van der Waals surface area contributed by atoms with Crippen molar-refractivity contribution in [1.29, 1.82) is 0 Å². The molecule has 0 fully saturated rings. The van der Waals surface area contributed by atoms with E-state index in [0.29, 0.717) is 0 Å². The van der Waals surface area contributed by atoms with Crippen LogP contribution in [-0.4, -0.2) is 5.98 Å². The fourth-order valence-corrected chi connectivity index (χ4v) is 32.2. The van der Waals surface area contributed by atoms with Gasteiger partial charge in [0.2, 0.25) is 0 Å². The zero-order valence-electron chi connectivity index (χ0n) is 10.8. The Bertz CT molecular complexity index is 374. The maximum absolute atomic E-state index is 2.58. The van der Waals surface area contributed by atoms with Crippen molar-refractivity contribution >= 4 is 5.98 Å². The van der Waals surface area contributed by atoms with Crippen LogP contribution in [0.5, 0.6) is 0 Å². The van der Waals surface area contributed by atoms with Gasteiger partial charge in [-0.05, 0) is 0 Å². The first-order valence-corrected chi connectivity index (χ1v) is 18.9. The average Bonchev–Trinajstić information content (AvgIpc) is 2.79. The van der Waals surface area contributed by atoms with Gasteiger partial charge in [-0.1, -0.05) is 0 Å². The minimum atomic E-state index is -1.58. The van der Waals surface area contributed by atoms with Crippen LogP contribution in [0.3, 0.4) is 0 Å². The summed E-state index contributed by atoms with van der Waals surface area (Å²) in [6, 6.07) is 0. The van der Waals surface area contributed by atoms with E-state index in [1.807, 2.05) is 6.66 Å². The summed E-state index contributed by atoms with van der Waals surface area (Å²) in [7, 11) is 0. The van der Waals surface area contributed by atoms with Crippen molar-refractivity contribution in [2.24, 2.45) is 0 Å². The summed E-state index contributed by atoms with van der Waals surface area (Å²) in [6.45, 7) is 9.83. The molecule has 0 nitrogen and oxygen atoms in total. The van der Waals surface area contributed by atoms with E-state index in [-0.39, 0.29) is 0 Å². The standard InChI is InChI=1S/2C6H7.C2H7Si.Hf/c2*1-6-4-2-3-5-6;1-3-2;/h2*2,4H,3H2,1H3;3H,1-2H3;. The molecule has 0 unspecified atom stereocenters. The first-order chi connectivity index (χ1) is 7.61. The van der Waals surface area contributed by atoms with Gasteiger partial charge in [0, 0.05) is 0 Å². The van der Waals surface area contributed by atoms with Crippen LogP contribution >= 0.6 is 0 Å². The maximum atomic E-state index is 2.58. The Labute approximate surface area is 108 Å². The molecule has 16 heavy (non-hydrogen) atoms. The van der Waals surface area contributed by atoms with Gasteiger partial charge in [0.05, 0.1) is 0 Å². The monoisotopic (exact) mass is 397 g/mol. The van der Waals surface area contributed by atoms with Crippen LogP contribution in [0.1, 0.15) is 26.7 Å². The molecular weight excluding hydrogens is 375 g/mol. The van der Waals surface area contributed by atoms with Crippen LogP contribution < -0.4 is 0 Å². The van der Waals surface area contributed by atoms with Crippen LogP contribution in [-0.2, 0) is 20.6 Å². The van der Waals surface area contributed by atoms with E-state index in [4.69, 9.17) is 0 Å². The second-order valence-corrected chi connectivity index (χ2v) is 31.9. The molecule has 0 N–H and O–H groups in total. The fraction of sp³-hybridized carbons (Fsp3) is 0.429. The molecule has 2 aliphatic carbocycles. The van der Waals surface area contributed by atoms with E-state index in [9.17, 15) is 0 Å². The van der Waals surface area contributed by atoms with Crippen LogP contribution in [0.2, 0.25) is 13.1 Å². The van der Waals surface area contributed by atoms with E-state index < -0.39 is 26.6 Å². The third kappa shape index (κ3) is 2.33. The third-order valence-electron chi connectivity index (χ3n) is 3.56. The van der Waals surface area contributed by atoms with Crippen molar-refractivity contribution in [3.8, 4) is 0 Å². The normalized spacial score (nSPS) is 19.6. The van der Waals surface area contributed by atoms with Gasteiger partial charge in [0.1, 0.15) is 0 Å². The van der Waals surface area contributed by atoms with Crippen molar-refractivity contribution in [3.05, 3.63) is 42.1 Å². The Hall–Kier alpha value is 0.0470. The predicted molar refractivity (Wildman–Crippen MR) is 71.8 cm³/mol. The van der Waals surface area contributed by atoms with Gasteiger partial charge in [0.25, 0.3) is 0 Å². The molecule has 0 radical (unpaired) electrons. The van der Waals surface area contributed by atoms with Crippen molar-refractivity contribution in [1.82, 2.24) is 0 Å². The molecule has 0 aromatic carbocycles. The second kappa shape index (κ2) is 5.13. The molecule has 0 heterocycles. The number of hydrogen-bond acceptors (Lipinski definition) is 0. The third-order valence-corrected chi connectivity index (χ3v) is 31.8. The first-order valence-electron chi connectivity index (χ1n) is 6.21. The number of allylic oxidation sites excluding steroid dienone is 8. The fourth-order valence-electron chi connectivity index (χ4n) is 2.75. The quantitative estimate of drug-likeness (QED) is 0.632. The summed E-state index contributed by atoms with van der Waals surface area (Å²) in [5.41, 5.74) is 3.24. The van der Waals surface area contributed by atoms with Gasteiger partial charge in [-0.2, -0.15) is 0 Å². The average molecular weight is 396 g/mol. The van der Waals surface area contributed by atoms with Crippen LogP contribution in [0, 0.1) is 0 Å². The van der Waals surface area contributed by atoms with Gasteiger partial charge in [0.15, 0.2) is 0 Å². The summed E-state index contributed by atoms with van der Waals surface area (Å²) < 4.78 is 3.84. The van der Waals surface area contributed by atoms with Crippen molar-refractivity contribution < 1.29 is 20.6 Å². The molecule has 0 aromatic heterocycles. The molecule has 2 aliphatic rings. The van der Waals surface area contributed by atoms with Gasteiger partial charge in [-0.3, -0.25) is 0 Å². The molecule has 0 atom stereocenters. The molecule has 0 spiro atoms. The predicted octanol–water partition coefficient (Wildman–Crippen LogP) is 4.06. The molecule has 0 saturated heterocycles. The Morgan fingerprint density at radius 1 is 0.938 bits per heavy atom. The molecule has 2 rings (SSSR count). The first kappa shape index (κ1) is 12.5. The van der Waals surface area contributed by atoms with E-state index >= 15 is 0 Å². The molecule has 0 aromatic rings. The Morgan fingerprint density at radius 2 is 1.38 bits per heavy atom. The molecule has 85 valence electrons. The number of hydrogen-bond donors (Lipinski definition) is 0. The molecule has 0 aliphatic heterocycles. The van der Waals surface area contributed by atoms with Crippen molar-refractivity contribution in [2.75, 3.05) is 0 Å².